The third-order valence-corrected chi connectivity index (χ3v) is 2.48. The van der Waals surface area contributed by atoms with Crippen LogP contribution >= 0.6 is 0 Å². The van der Waals surface area contributed by atoms with Crippen molar-refractivity contribution >= 4 is 5.95 Å². The molecule has 0 saturated heterocycles. The van der Waals surface area contributed by atoms with E-state index in [1.54, 1.807) is 0 Å². The standard InChI is InChI=1S/C14H17N3/c1-10(2)8-12-9-13(17-14(15)16-12)11-6-4-3-5-7-11/h3-7,9-10H,8H2,1-2H3,(H2,15,16,17). The maximum atomic E-state index is 5.75. The number of hydrogen-bond acceptors (Lipinski definition) is 3. The molecular weight excluding hydrogens is 210 g/mol. The molecule has 2 rings (SSSR count). The van der Waals surface area contributed by atoms with Gasteiger partial charge < -0.3 is 5.73 Å². The molecule has 0 aliphatic carbocycles. The number of nitrogens with zero attached hydrogens (tertiary/aromatic N) is 2. The molecule has 88 valence electrons. The van der Waals surface area contributed by atoms with E-state index in [2.05, 4.69) is 23.8 Å². The molecule has 0 spiro atoms. The number of anilines is 1. The van der Waals surface area contributed by atoms with Gasteiger partial charge in [-0.25, -0.2) is 9.97 Å². The highest BCUT2D eigenvalue weighted by molar-refractivity contribution is 5.60. The van der Waals surface area contributed by atoms with Gasteiger partial charge in [-0.05, 0) is 18.4 Å². The average molecular weight is 227 g/mol. The van der Waals surface area contributed by atoms with E-state index < -0.39 is 0 Å². The van der Waals surface area contributed by atoms with Crippen LogP contribution in [0.5, 0.6) is 0 Å². The Morgan fingerprint density at radius 3 is 2.47 bits per heavy atom. The van der Waals surface area contributed by atoms with Crippen molar-refractivity contribution in [1.82, 2.24) is 9.97 Å². The van der Waals surface area contributed by atoms with Crippen LogP contribution in [0.15, 0.2) is 36.4 Å². The first-order valence-electron chi connectivity index (χ1n) is 5.84. The van der Waals surface area contributed by atoms with Gasteiger partial charge >= 0.3 is 0 Å². The Labute approximate surface area is 102 Å². The SMILES string of the molecule is CC(C)Cc1cc(-c2ccccc2)nc(N)n1. The van der Waals surface area contributed by atoms with Gasteiger partial charge in [-0.15, -0.1) is 0 Å². The summed E-state index contributed by atoms with van der Waals surface area (Å²) >= 11 is 0. The molecule has 0 aliphatic rings. The topological polar surface area (TPSA) is 51.8 Å². The molecule has 17 heavy (non-hydrogen) atoms. The highest BCUT2D eigenvalue weighted by atomic mass is 15.0. The zero-order valence-corrected chi connectivity index (χ0v) is 10.2. The van der Waals surface area contributed by atoms with E-state index in [1.807, 2.05) is 36.4 Å². The number of hydrogen-bond donors (Lipinski definition) is 1. The lowest BCUT2D eigenvalue weighted by Gasteiger charge is -2.07. The van der Waals surface area contributed by atoms with Crippen LogP contribution in [0.1, 0.15) is 19.5 Å². The van der Waals surface area contributed by atoms with Crippen LogP contribution in [0.25, 0.3) is 11.3 Å². The molecule has 3 nitrogen and oxygen atoms in total. The number of aromatic nitrogens is 2. The molecular formula is C14H17N3. The molecule has 0 unspecified atom stereocenters. The first-order valence-corrected chi connectivity index (χ1v) is 5.84. The van der Waals surface area contributed by atoms with Crippen LogP contribution in [-0.2, 0) is 6.42 Å². The van der Waals surface area contributed by atoms with Crippen LogP contribution in [0.2, 0.25) is 0 Å². The van der Waals surface area contributed by atoms with Gasteiger partial charge in [0, 0.05) is 11.3 Å². The Morgan fingerprint density at radius 2 is 1.82 bits per heavy atom. The van der Waals surface area contributed by atoms with Crippen LogP contribution in [0, 0.1) is 5.92 Å². The van der Waals surface area contributed by atoms with E-state index in [1.165, 1.54) is 0 Å². The molecule has 0 atom stereocenters. The van der Waals surface area contributed by atoms with Crippen LogP contribution in [0.4, 0.5) is 5.95 Å². The van der Waals surface area contributed by atoms with Crippen molar-refractivity contribution < 1.29 is 0 Å². The van der Waals surface area contributed by atoms with E-state index in [4.69, 9.17) is 5.73 Å². The molecule has 2 aromatic rings. The summed E-state index contributed by atoms with van der Waals surface area (Å²) in [4.78, 5) is 8.54. The van der Waals surface area contributed by atoms with Crippen LogP contribution in [0.3, 0.4) is 0 Å². The Kier molecular flexibility index (Phi) is 3.38. The monoisotopic (exact) mass is 227 g/mol. The lowest BCUT2D eigenvalue weighted by molar-refractivity contribution is 0.635. The van der Waals surface area contributed by atoms with Gasteiger partial charge in [0.05, 0.1) is 5.69 Å². The molecule has 3 heteroatoms. The summed E-state index contributed by atoms with van der Waals surface area (Å²) in [6, 6.07) is 12.1. The molecule has 0 fully saturated rings. The third-order valence-electron chi connectivity index (χ3n) is 2.48. The second-order valence-corrected chi connectivity index (χ2v) is 4.57. The summed E-state index contributed by atoms with van der Waals surface area (Å²) in [7, 11) is 0. The molecule has 1 aromatic heterocycles. The molecule has 0 aliphatic heterocycles. The predicted molar refractivity (Wildman–Crippen MR) is 70.4 cm³/mol. The predicted octanol–water partition coefficient (Wildman–Crippen LogP) is 2.92. The van der Waals surface area contributed by atoms with Crippen molar-refractivity contribution in [2.45, 2.75) is 20.3 Å². The quantitative estimate of drug-likeness (QED) is 0.877. The van der Waals surface area contributed by atoms with Crippen molar-refractivity contribution in [3.05, 3.63) is 42.1 Å². The summed E-state index contributed by atoms with van der Waals surface area (Å²) in [6.45, 7) is 4.33. The fourth-order valence-electron chi connectivity index (χ4n) is 1.80. The highest BCUT2D eigenvalue weighted by Crippen LogP contribution is 2.19. The van der Waals surface area contributed by atoms with Crippen molar-refractivity contribution in [2.24, 2.45) is 5.92 Å². The maximum absolute atomic E-state index is 5.75. The van der Waals surface area contributed by atoms with Crippen LogP contribution in [-0.4, -0.2) is 9.97 Å². The van der Waals surface area contributed by atoms with E-state index in [-0.39, 0.29) is 0 Å². The normalized spacial score (nSPS) is 10.8. The molecule has 1 aromatic carbocycles. The molecule has 0 saturated carbocycles. The van der Waals surface area contributed by atoms with E-state index >= 15 is 0 Å². The lowest BCUT2D eigenvalue weighted by Crippen LogP contribution is -2.03. The minimum absolute atomic E-state index is 0.349. The van der Waals surface area contributed by atoms with Gasteiger partial charge in [0.2, 0.25) is 5.95 Å². The van der Waals surface area contributed by atoms with Crippen molar-refractivity contribution in [3.63, 3.8) is 0 Å². The molecule has 1 heterocycles. The summed E-state index contributed by atoms with van der Waals surface area (Å²) in [5, 5.41) is 0. The van der Waals surface area contributed by atoms with Gasteiger partial charge in [-0.2, -0.15) is 0 Å². The Bertz CT molecular complexity index is 492. The Balaban J connectivity index is 2.38. The summed E-state index contributed by atoms with van der Waals surface area (Å²) < 4.78 is 0. The molecule has 0 bridgehead atoms. The van der Waals surface area contributed by atoms with Gasteiger partial charge in [0.15, 0.2) is 0 Å². The minimum atomic E-state index is 0.349. The Hall–Kier alpha value is -1.90. The summed E-state index contributed by atoms with van der Waals surface area (Å²) in [6.07, 6.45) is 0.923. The summed E-state index contributed by atoms with van der Waals surface area (Å²) in [5.74, 6) is 0.912. The third kappa shape index (κ3) is 3.03. The number of rotatable bonds is 3. The zero-order valence-electron chi connectivity index (χ0n) is 10.2. The second kappa shape index (κ2) is 4.95. The van der Waals surface area contributed by atoms with Crippen LogP contribution < -0.4 is 5.73 Å². The molecule has 0 amide bonds. The van der Waals surface area contributed by atoms with Crippen molar-refractivity contribution in [2.75, 3.05) is 5.73 Å². The van der Waals surface area contributed by atoms with Gasteiger partial charge in [0.25, 0.3) is 0 Å². The smallest absolute Gasteiger partial charge is 0.220 e. The zero-order chi connectivity index (χ0) is 12.3. The number of nitrogens with two attached hydrogens (primary N) is 1. The number of nitrogen functional groups attached to an aromatic ring is 1. The second-order valence-electron chi connectivity index (χ2n) is 4.57. The lowest BCUT2D eigenvalue weighted by atomic mass is 10.1. The van der Waals surface area contributed by atoms with Gasteiger partial charge in [-0.1, -0.05) is 44.2 Å². The van der Waals surface area contributed by atoms with Gasteiger partial charge in [-0.3, -0.25) is 0 Å². The van der Waals surface area contributed by atoms with Gasteiger partial charge in [0.1, 0.15) is 0 Å². The summed E-state index contributed by atoms with van der Waals surface area (Å²) in [5.41, 5.74) is 8.73. The first-order chi connectivity index (χ1) is 8.15. The largest absolute Gasteiger partial charge is 0.368 e. The average Bonchev–Trinajstić information content (AvgIpc) is 2.28. The minimum Gasteiger partial charge on any atom is -0.368 e. The molecule has 0 radical (unpaired) electrons. The van der Waals surface area contributed by atoms with Crippen molar-refractivity contribution in [1.29, 1.82) is 0 Å². The fraction of sp³-hybridized carbons (Fsp3) is 0.286. The first kappa shape index (κ1) is 11.6. The molecule has 2 N–H and O–H groups in total. The maximum Gasteiger partial charge on any atom is 0.220 e. The number of benzene rings is 1. The Morgan fingerprint density at radius 1 is 1.12 bits per heavy atom. The van der Waals surface area contributed by atoms with Crippen molar-refractivity contribution in [3.8, 4) is 11.3 Å². The fourth-order valence-corrected chi connectivity index (χ4v) is 1.80. The van der Waals surface area contributed by atoms with E-state index in [9.17, 15) is 0 Å². The van der Waals surface area contributed by atoms with E-state index in [0.717, 1.165) is 23.4 Å². The van der Waals surface area contributed by atoms with E-state index in [0.29, 0.717) is 11.9 Å². The highest BCUT2D eigenvalue weighted by Gasteiger charge is 2.06.